The number of hydrogen-bond donors (Lipinski definition) is 4. The molecule has 0 aromatic heterocycles. The van der Waals surface area contributed by atoms with Crippen LogP contribution in [-0.2, 0) is 13.6 Å². The van der Waals surface area contributed by atoms with Gasteiger partial charge in [0.05, 0.1) is 39.9 Å². The normalized spacial score (nSPS) is 15.8. The fourth-order valence-corrected chi connectivity index (χ4v) is 4.90. The van der Waals surface area contributed by atoms with E-state index in [0.29, 0.717) is 16.1 Å². The summed E-state index contributed by atoms with van der Waals surface area (Å²) in [5.41, 5.74) is -0.272. The molecule has 0 bridgehead atoms. The van der Waals surface area contributed by atoms with Crippen molar-refractivity contribution in [1.82, 2.24) is 10.6 Å². The number of phosphoric ester groups is 1. The van der Waals surface area contributed by atoms with Crippen molar-refractivity contribution >= 4 is 25.2 Å². The second-order valence-electron chi connectivity index (χ2n) is 12.3. The first-order valence-electron chi connectivity index (χ1n) is 14.5. The number of hydrogen-bond acceptors (Lipinski definition) is 5. The number of allylic oxidation sites excluding steroid dienone is 1. The summed E-state index contributed by atoms with van der Waals surface area (Å²) >= 11 is 5.38. The molecule has 4 N–H and O–H groups in total. The van der Waals surface area contributed by atoms with Crippen molar-refractivity contribution in [1.29, 1.82) is 0 Å². The summed E-state index contributed by atoms with van der Waals surface area (Å²) in [6, 6.07) is -0.714. The second kappa shape index (κ2) is 20.4. The number of unbranched alkanes of at least 4 members (excludes halogenated alkanes) is 11. The average Bonchev–Trinajstić information content (AvgIpc) is 2.77. The third-order valence-corrected chi connectivity index (χ3v) is 7.16. The first-order valence-corrected chi connectivity index (χ1v) is 16.4. The third-order valence-electron chi connectivity index (χ3n) is 5.96. The van der Waals surface area contributed by atoms with Crippen molar-refractivity contribution in [3.05, 3.63) is 12.2 Å². The molecule has 226 valence electrons. The molecule has 0 fully saturated rings. The number of aliphatic hydroxyl groups excluding tert-OH is 1. The van der Waals surface area contributed by atoms with Gasteiger partial charge in [-0.05, 0) is 45.8 Å². The summed E-state index contributed by atoms with van der Waals surface area (Å²) in [5, 5.41) is 17.3. The van der Waals surface area contributed by atoms with Gasteiger partial charge in [-0.15, -0.1) is 0 Å². The van der Waals surface area contributed by atoms with Crippen LogP contribution in [0.3, 0.4) is 0 Å². The standard InChI is InChI=1S/C28H58N3O5PS/c1-8-9-10-11-12-13-14-15-16-17-18-19-20-21-26(32)25(29-27(38)30-28(2,3)4)24-36-37(33,34)35-23-22-31(5,6)7/h20-21,25-26,32H,8-19,22-24H2,1-7H3,(H2-,29,30,33,34,38)/p+1/b21-20+/t25-,26+/m1/s1. The van der Waals surface area contributed by atoms with Crippen LogP contribution in [0.4, 0.5) is 0 Å². The number of thiocarbonyl (C=S) groups is 1. The zero-order valence-corrected chi connectivity index (χ0v) is 27.0. The highest BCUT2D eigenvalue weighted by atomic mass is 32.1. The molecule has 0 radical (unpaired) electrons. The summed E-state index contributed by atoms with van der Waals surface area (Å²) in [4.78, 5) is 10.1. The van der Waals surface area contributed by atoms with Crippen molar-refractivity contribution in [2.24, 2.45) is 0 Å². The van der Waals surface area contributed by atoms with E-state index in [4.69, 9.17) is 21.3 Å². The fourth-order valence-electron chi connectivity index (χ4n) is 3.71. The molecule has 10 heteroatoms. The molecule has 0 rings (SSSR count). The lowest BCUT2D eigenvalue weighted by molar-refractivity contribution is -0.870. The molecule has 0 amide bonds. The summed E-state index contributed by atoms with van der Waals surface area (Å²) < 4.78 is 23.3. The van der Waals surface area contributed by atoms with Gasteiger partial charge in [0.1, 0.15) is 13.2 Å². The van der Waals surface area contributed by atoms with Crippen LogP contribution in [0.5, 0.6) is 0 Å². The Morgan fingerprint density at radius 1 is 0.974 bits per heavy atom. The lowest BCUT2D eigenvalue weighted by atomic mass is 10.0. The number of quaternary nitrogens is 1. The monoisotopic (exact) mass is 580 g/mol. The molecule has 1 unspecified atom stereocenters. The van der Waals surface area contributed by atoms with Crippen LogP contribution in [0.25, 0.3) is 0 Å². The molecular weight excluding hydrogens is 521 g/mol. The molecule has 0 aliphatic rings. The van der Waals surface area contributed by atoms with Crippen LogP contribution in [0.2, 0.25) is 0 Å². The van der Waals surface area contributed by atoms with E-state index in [1.807, 2.05) is 48.0 Å². The van der Waals surface area contributed by atoms with Gasteiger partial charge in [-0.2, -0.15) is 0 Å². The van der Waals surface area contributed by atoms with Crippen LogP contribution in [0, 0.1) is 0 Å². The molecule has 0 aromatic rings. The number of likely N-dealkylation sites (N-methyl/N-ethyl adjacent to an activating group) is 1. The van der Waals surface area contributed by atoms with E-state index in [9.17, 15) is 14.6 Å². The van der Waals surface area contributed by atoms with Gasteiger partial charge in [-0.3, -0.25) is 9.05 Å². The summed E-state index contributed by atoms with van der Waals surface area (Å²) in [6.07, 6.45) is 17.8. The highest BCUT2D eigenvalue weighted by Gasteiger charge is 2.27. The molecule has 0 aliphatic heterocycles. The highest BCUT2D eigenvalue weighted by Crippen LogP contribution is 2.43. The van der Waals surface area contributed by atoms with E-state index in [1.54, 1.807) is 6.08 Å². The molecule has 8 nitrogen and oxygen atoms in total. The molecule has 0 heterocycles. The Morgan fingerprint density at radius 2 is 1.50 bits per heavy atom. The molecule has 0 spiro atoms. The van der Waals surface area contributed by atoms with Gasteiger partial charge < -0.3 is 25.1 Å². The Bertz CT molecular complexity index is 695. The van der Waals surface area contributed by atoms with Gasteiger partial charge in [0.2, 0.25) is 0 Å². The molecular formula is C28H59N3O5PS+. The van der Waals surface area contributed by atoms with Gasteiger partial charge in [0.25, 0.3) is 0 Å². The summed E-state index contributed by atoms with van der Waals surface area (Å²) in [6.45, 7) is 8.57. The third kappa shape index (κ3) is 24.5. The maximum absolute atomic E-state index is 12.4. The Balaban J connectivity index is 4.56. The van der Waals surface area contributed by atoms with E-state index >= 15 is 0 Å². The zero-order valence-electron chi connectivity index (χ0n) is 25.3. The van der Waals surface area contributed by atoms with Crippen molar-refractivity contribution in [3.8, 4) is 0 Å². The van der Waals surface area contributed by atoms with Crippen molar-refractivity contribution in [2.45, 2.75) is 122 Å². The largest absolute Gasteiger partial charge is 0.472 e. The molecule has 0 saturated carbocycles. The van der Waals surface area contributed by atoms with Gasteiger partial charge in [0, 0.05) is 5.54 Å². The van der Waals surface area contributed by atoms with Gasteiger partial charge >= 0.3 is 7.82 Å². The van der Waals surface area contributed by atoms with E-state index in [2.05, 4.69) is 17.6 Å². The van der Waals surface area contributed by atoms with Gasteiger partial charge in [-0.25, -0.2) is 4.57 Å². The number of phosphoric acid groups is 1. The van der Waals surface area contributed by atoms with E-state index < -0.39 is 20.0 Å². The van der Waals surface area contributed by atoms with Crippen molar-refractivity contribution < 1.29 is 28.1 Å². The van der Waals surface area contributed by atoms with Gasteiger partial charge in [0.15, 0.2) is 5.11 Å². The van der Waals surface area contributed by atoms with Crippen LogP contribution in [-0.4, -0.2) is 78.2 Å². The minimum absolute atomic E-state index is 0.0841. The van der Waals surface area contributed by atoms with Crippen LogP contribution in [0.1, 0.15) is 105 Å². The van der Waals surface area contributed by atoms with E-state index in [1.165, 1.54) is 64.2 Å². The maximum atomic E-state index is 12.4. The molecule has 0 aromatic carbocycles. The smallest absolute Gasteiger partial charge is 0.387 e. The SMILES string of the molecule is CCCCCCCCCCCCC/C=C/[C@H](O)[C@@H](COP(=O)(O)OCC[N+](C)(C)C)NC(=S)NC(C)(C)C. The topological polar surface area (TPSA) is 100 Å². The lowest BCUT2D eigenvalue weighted by Crippen LogP contribution is -2.53. The first kappa shape index (κ1) is 37.5. The predicted octanol–water partition coefficient (Wildman–Crippen LogP) is 6.08. The zero-order chi connectivity index (χ0) is 29.1. The number of rotatable bonds is 22. The first-order chi connectivity index (χ1) is 17.7. The Morgan fingerprint density at radius 3 is 2.00 bits per heavy atom. The van der Waals surface area contributed by atoms with Crippen LogP contribution < -0.4 is 10.6 Å². The number of nitrogens with one attached hydrogen (secondary N) is 2. The molecule has 3 atom stereocenters. The van der Waals surface area contributed by atoms with Gasteiger partial charge in [-0.1, -0.05) is 83.3 Å². The Labute approximate surface area is 239 Å². The minimum Gasteiger partial charge on any atom is -0.387 e. The number of nitrogens with zero attached hydrogens (tertiary/aromatic N) is 1. The molecule has 0 saturated heterocycles. The maximum Gasteiger partial charge on any atom is 0.472 e. The average molecular weight is 581 g/mol. The lowest BCUT2D eigenvalue weighted by Gasteiger charge is -2.28. The van der Waals surface area contributed by atoms with Crippen LogP contribution >= 0.6 is 20.0 Å². The quantitative estimate of drug-likeness (QED) is 0.0402. The summed E-state index contributed by atoms with van der Waals surface area (Å²) in [5.74, 6) is 0. The van der Waals surface area contributed by atoms with Crippen molar-refractivity contribution in [2.75, 3.05) is 40.9 Å². The Hall–Kier alpha value is -0.540. The minimum atomic E-state index is -4.27. The summed E-state index contributed by atoms with van der Waals surface area (Å²) in [7, 11) is 1.64. The Kier molecular flexibility index (Phi) is 20.1. The van der Waals surface area contributed by atoms with E-state index in [-0.39, 0.29) is 18.8 Å². The number of aliphatic hydroxyl groups is 1. The van der Waals surface area contributed by atoms with Crippen LogP contribution in [0.15, 0.2) is 12.2 Å². The molecule has 38 heavy (non-hydrogen) atoms. The second-order valence-corrected chi connectivity index (χ2v) is 14.2. The van der Waals surface area contributed by atoms with E-state index in [0.717, 1.165) is 12.8 Å². The molecule has 0 aliphatic carbocycles. The fraction of sp³-hybridized carbons (Fsp3) is 0.893. The highest BCUT2D eigenvalue weighted by molar-refractivity contribution is 7.80. The predicted molar refractivity (Wildman–Crippen MR) is 163 cm³/mol. The van der Waals surface area contributed by atoms with Crippen molar-refractivity contribution in [3.63, 3.8) is 0 Å².